The number of carbonyl (C=O) groups excluding carboxylic acids is 1. The standard InChI is InChI=1S/C6H8N2O3/c1-7-6-8-4(3-11-6)5(9)10-2/h3H,1-2H3,(H,7,8). The van der Waals surface area contributed by atoms with Crippen molar-refractivity contribution in [1.82, 2.24) is 4.98 Å². The molecule has 0 aliphatic rings. The van der Waals surface area contributed by atoms with Crippen LogP contribution in [0.4, 0.5) is 6.01 Å². The molecule has 0 bridgehead atoms. The number of aromatic nitrogens is 1. The highest BCUT2D eigenvalue weighted by Crippen LogP contribution is 2.06. The molecule has 1 aromatic heterocycles. The largest absolute Gasteiger partial charge is 0.464 e. The molecular weight excluding hydrogens is 148 g/mol. The SMILES string of the molecule is CNc1nc(C(=O)OC)co1. The topological polar surface area (TPSA) is 64.4 Å². The van der Waals surface area contributed by atoms with E-state index in [2.05, 4.69) is 15.0 Å². The average Bonchev–Trinajstić information content (AvgIpc) is 2.50. The average molecular weight is 156 g/mol. The minimum atomic E-state index is -0.504. The zero-order chi connectivity index (χ0) is 8.27. The van der Waals surface area contributed by atoms with Crippen LogP contribution in [-0.4, -0.2) is 25.1 Å². The summed E-state index contributed by atoms with van der Waals surface area (Å²) in [5, 5.41) is 2.64. The number of methoxy groups -OCH3 is 1. The van der Waals surface area contributed by atoms with Crippen molar-refractivity contribution in [1.29, 1.82) is 0 Å². The molecule has 0 saturated carbocycles. The summed E-state index contributed by atoms with van der Waals surface area (Å²) in [6.07, 6.45) is 1.23. The van der Waals surface area contributed by atoms with Gasteiger partial charge in [0.05, 0.1) is 7.11 Å². The molecule has 1 rings (SSSR count). The summed E-state index contributed by atoms with van der Waals surface area (Å²) in [6, 6.07) is 0.297. The van der Waals surface area contributed by atoms with Crippen LogP contribution in [0.25, 0.3) is 0 Å². The number of nitrogens with one attached hydrogen (secondary N) is 1. The van der Waals surface area contributed by atoms with E-state index in [0.29, 0.717) is 6.01 Å². The summed E-state index contributed by atoms with van der Waals surface area (Å²) in [7, 11) is 2.93. The van der Waals surface area contributed by atoms with Crippen LogP contribution in [0.5, 0.6) is 0 Å². The molecule has 1 N–H and O–H groups in total. The smallest absolute Gasteiger partial charge is 0.360 e. The lowest BCUT2D eigenvalue weighted by Crippen LogP contribution is -2.01. The molecule has 0 saturated heterocycles. The van der Waals surface area contributed by atoms with E-state index < -0.39 is 5.97 Å². The number of rotatable bonds is 2. The van der Waals surface area contributed by atoms with Crippen molar-refractivity contribution in [2.24, 2.45) is 0 Å². The second-order valence-electron chi connectivity index (χ2n) is 1.78. The zero-order valence-corrected chi connectivity index (χ0v) is 6.25. The molecule has 11 heavy (non-hydrogen) atoms. The van der Waals surface area contributed by atoms with E-state index in [1.54, 1.807) is 7.05 Å². The molecular formula is C6H8N2O3. The Bertz CT molecular complexity index is 256. The predicted octanol–water partition coefficient (Wildman–Crippen LogP) is 0.503. The Kier molecular flexibility index (Phi) is 2.10. The van der Waals surface area contributed by atoms with Crippen molar-refractivity contribution in [3.05, 3.63) is 12.0 Å². The van der Waals surface area contributed by atoms with E-state index in [4.69, 9.17) is 4.42 Å². The third-order valence-electron chi connectivity index (χ3n) is 1.11. The molecule has 0 radical (unpaired) electrons. The predicted molar refractivity (Wildman–Crippen MR) is 37.4 cm³/mol. The number of nitrogens with zero attached hydrogens (tertiary/aromatic N) is 1. The molecule has 5 heteroatoms. The Hall–Kier alpha value is -1.52. The molecule has 0 aliphatic heterocycles. The second-order valence-corrected chi connectivity index (χ2v) is 1.78. The summed E-state index contributed by atoms with van der Waals surface area (Å²) >= 11 is 0. The highest BCUT2D eigenvalue weighted by atomic mass is 16.5. The minimum absolute atomic E-state index is 0.164. The molecule has 1 aromatic rings. The molecule has 0 unspecified atom stereocenters. The number of ether oxygens (including phenoxy) is 1. The minimum Gasteiger partial charge on any atom is -0.464 e. The van der Waals surface area contributed by atoms with Crippen LogP contribution in [0.3, 0.4) is 0 Å². The first-order chi connectivity index (χ1) is 5.27. The van der Waals surface area contributed by atoms with E-state index in [-0.39, 0.29) is 5.69 Å². The van der Waals surface area contributed by atoms with Crippen LogP contribution in [0, 0.1) is 0 Å². The Balaban J connectivity index is 2.80. The van der Waals surface area contributed by atoms with Crippen LogP contribution in [0.1, 0.15) is 10.5 Å². The van der Waals surface area contributed by atoms with E-state index in [1.807, 2.05) is 0 Å². The number of esters is 1. The van der Waals surface area contributed by atoms with Crippen molar-refractivity contribution in [3.8, 4) is 0 Å². The highest BCUT2D eigenvalue weighted by molar-refractivity contribution is 5.86. The maximum absolute atomic E-state index is 10.8. The number of carbonyl (C=O) groups is 1. The first kappa shape index (κ1) is 7.59. The summed E-state index contributed by atoms with van der Waals surface area (Å²) < 4.78 is 9.22. The molecule has 0 fully saturated rings. The van der Waals surface area contributed by atoms with Gasteiger partial charge in [0.25, 0.3) is 6.01 Å². The fourth-order valence-electron chi connectivity index (χ4n) is 0.587. The van der Waals surface area contributed by atoms with E-state index >= 15 is 0 Å². The second kappa shape index (κ2) is 3.05. The van der Waals surface area contributed by atoms with Crippen LogP contribution >= 0.6 is 0 Å². The van der Waals surface area contributed by atoms with Gasteiger partial charge >= 0.3 is 5.97 Å². The van der Waals surface area contributed by atoms with Crippen LogP contribution in [-0.2, 0) is 4.74 Å². The third-order valence-corrected chi connectivity index (χ3v) is 1.11. The van der Waals surface area contributed by atoms with Crippen LogP contribution in [0.2, 0.25) is 0 Å². The Morgan fingerprint density at radius 1 is 1.82 bits per heavy atom. The number of hydrogen-bond acceptors (Lipinski definition) is 5. The fraction of sp³-hybridized carbons (Fsp3) is 0.333. The van der Waals surface area contributed by atoms with Crippen LogP contribution < -0.4 is 5.32 Å². The Morgan fingerprint density at radius 3 is 3.00 bits per heavy atom. The van der Waals surface area contributed by atoms with Gasteiger partial charge in [-0.2, -0.15) is 4.98 Å². The molecule has 0 aliphatic carbocycles. The highest BCUT2D eigenvalue weighted by Gasteiger charge is 2.10. The lowest BCUT2D eigenvalue weighted by atomic mass is 10.5. The fourth-order valence-corrected chi connectivity index (χ4v) is 0.587. The Morgan fingerprint density at radius 2 is 2.55 bits per heavy atom. The molecule has 1 heterocycles. The maximum Gasteiger partial charge on any atom is 0.360 e. The van der Waals surface area contributed by atoms with Gasteiger partial charge in [0.1, 0.15) is 6.26 Å². The number of oxazole rings is 1. The molecule has 0 spiro atoms. The maximum atomic E-state index is 10.8. The van der Waals surface area contributed by atoms with Crippen molar-refractivity contribution < 1.29 is 13.9 Å². The number of anilines is 1. The Labute approximate surface area is 63.4 Å². The summed E-state index contributed by atoms with van der Waals surface area (Å²) in [4.78, 5) is 14.5. The van der Waals surface area contributed by atoms with Crippen LogP contribution in [0.15, 0.2) is 10.7 Å². The number of hydrogen-bond donors (Lipinski definition) is 1. The van der Waals surface area contributed by atoms with Gasteiger partial charge in [0.2, 0.25) is 0 Å². The normalized spacial score (nSPS) is 9.27. The zero-order valence-electron chi connectivity index (χ0n) is 6.25. The van der Waals surface area contributed by atoms with Gasteiger partial charge in [0, 0.05) is 7.05 Å². The van der Waals surface area contributed by atoms with Gasteiger partial charge in [-0.1, -0.05) is 0 Å². The first-order valence-corrected chi connectivity index (χ1v) is 2.99. The third kappa shape index (κ3) is 1.49. The lowest BCUT2D eigenvalue weighted by Gasteiger charge is -1.89. The van der Waals surface area contributed by atoms with Crippen molar-refractivity contribution >= 4 is 12.0 Å². The van der Waals surface area contributed by atoms with Gasteiger partial charge in [-0.25, -0.2) is 4.79 Å². The molecule has 0 aromatic carbocycles. The lowest BCUT2D eigenvalue weighted by molar-refractivity contribution is 0.0594. The van der Waals surface area contributed by atoms with E-state index in [1.165, 1.54) is 13.4 Å². The molecule has 0 atom stereocenters. The summed E-state index contributed by atoms with van der Waals surface area (Å²) in [5.41, 5.74) is 0.164. The van der Waals surface area contributed by atoms with Gasteiger partial charge in [-0.3, -0.25) is 0 Å². The summed E-state index contributed by atoms with van der Waals surface area (Å²) in [5.74, 6) is -0.504. The van der Waals surface area contributed by atoms with Gasteiger partial charge in [-0.15, -0.1) is 0 Å². The quantitative estimate of drug-likeness (QED) is 0.632. The van der Waals surface area contributed by atoms with Crippen molar-refractivity contribution in [2.45, 2.75) is 0 Å². The molecule has 0 amide bonds. The molecule has 60 valence electrons. The van der Waals surface area contributed by atoms with Crippen molar-refractivity contribution in [3.63, 3.8) is 0 Å². The first-order valence-electron chi connectivity index (χ1n) is 2.99. The van der Waals surface area contributed by atoms with E-state index in [0.717, 1.165) is 0 Å². The van der Waals surface area contributed by atoms with Gasteiger partial charge in [0.15, 0.2) is 5.69 Å². The summed E-state index contributed by atoms with van der Waals surface area (Å²) in [6.45, 7) is 0. The molecule has 5 nitrogen and oxygen atoms in total. The van der Waals surface area contributed by atoms with Gasteiger partial charge in [-0.05, 0) is 0 Å². The van der Waals surface area contributed by atoms with E-state index in [9.17, 15) is 4.79 Å². The monoisotopic (exact) mass is 156 g/mol. The van der Waals surface area contributed by atoms with Gasteiger partial charge < -0.3 is 14.5 Å². The van der Waals surface area contributed by atoms with Crippen molar-refractivity contribution in [2.75, 3.05) is 19.5 Å².